The second kappa shape index (κ2) is 8.04. The van der Waals surface area contributed by atoms with E-state index in [0.717, 1.165) is 28.1 Å². The fourth-order valence-electron chi connectivity index (χ4n) is 5.59. The van der Waals surface area contributed by atoms with Gasteiger partial charge in [-0.25, -0.2) is 4.98 Å². The fraction of sp³-hybridized carbons (Fsp3) is 0.114. The van der Waals surface area contributed by atoms with Gasteiger partial charge >= 0.3 is 0 Å². The number of imidazole rings is 1. The molecule has 0 radical (unpaired) electrons. The number of fused-ring (bicyclic) bond motifs is 7. The van der Waals surface area contributed by atoms with Gasteiger partial charge in [-0.3, -0.25) is 4.57 Å². The summed E-state index contributed by atoms with van der Waals surface area (Å²) < 4.78 is 2.36. The highest BCUT2D eigenvalue weighted by atomic mass is 15.1. The molecule has 7 rings (SSSR count). The lowest BCUT2D eigenvalue weighted by Gasteiger charge is -2.20. The Labute approximate surface area is 216 Å². The van der Waals surface area contributed by atoms with Crippen molar-refractivity contribution in [3.8, 4) is 17.1 Å². The maximum atomic E-state index is 5.38. The third kappa shape index (κ3) is 3.44. The van der Waals surface area contributed by atoms with E-state index in [-0.39, 0.29) is 5.41 Å². The molecule has 0 saturated carbocycles. The molecule has 7 aromatic rings. The molecule has 0 amide bonds. The molecule has 0 aliphatic rings. The van der Waals surface area contributed by atoms with Crippen molar-refractivity contribution in [1.29, 1.82) is 0 Å². The summed E-state index contributed by atoms with van der Waals surface area (Å²) in [6.07, 6.45) is 0. The highest BCUT2D eigenvalue weighted by molar-refractivity contribution is 6.24. The van der Waals surface area contributed by atoms with Crippen molar-refractivity contribution in [2.45, 2.75) is 26.2 Å². The van der Waals surface area contributed by atoms with E-state index in [0.29, 0.717) is 0 Å². The van der Waals surface area contributed by atoms with Gasteiger partial charge in [-0.1, -0.05) is 118 Å². The summed E-state index contributed by atoms with van der Waals surface area (Å²) in [6, 6.07) is 41.6. The summed E-state index contributed by atoms with van der Waals surface area (Å²) >= 11 is 0. The van der Waals surface area contributed by atoms with Crippen LogP contribution >= 0.6 is 0 Å². The summed E-state index contributed by atoms with van der Waals surface area (Å²) in [5.74, 6) is 0.964. The van der Waals surface area contributed by atoms with Crippen LogP contribution in [0, 0.1) is 0 Å². The molecule has 178 valence electrons. The highest BCUT2D eigenvalue weighted by Crippen LogP contribution is 2.39. The SMILES string of the molecule is CC(C)(C)c1ccc(-n2c(-c3ccc4ccccc4c3)nc3c4ccccc4c4ccccc4c32)cc1. The molecule has 0 fully saturated rings. The number of rotatable bonds is 2. The van der Waals surface area contributed by atoms with Gasteiger partial charge in [0.05, 0.1) is 11.0 Å². The first-order valence-electron chi connectivity index (χ1n) is 12.9. The zero-order chi connectivity index (χ0) is 25.1. The molecule has 0 unspecified atom stereocenters. The van der Waals surface area contributed by atoms with E-state index in [9.17, 15) is 0 Å². The smallest absolute Gasteiger partial charge is 0.145 e. The van der Waals surface area contributed by atoms with Crippen molar-refractivity contribution in [3.05, 3.63) is 121 Å². The zero-order valence-corrected chi connectivity index (χ0v) is 21.4. The van der Waals surface area contributed by atoms with E-state index in [4.69, 9.17) is 4.98 Å². The Hall–Kier alpha value is -4.43. The van der Waals surface area contributed by atoms with E-state index in [1.165, 1.54) is 37.9 Å². The Kier molecular flexibility index (Phi) is 4.74. The first kappa shape index (κ1) is 21.8. The molecule has 0 aliphatic heterocycles. The third-order valence-electron chi connectivity index (χ3n) is 7.53. The standard InChI is InChI=1S/C35H28N2/c1-35(2,3)26-18-20-27(21-19-26)37-33-31-15-9-7-13-29(31)28-12-6-8-14-30(28)32(33)36-34(37)25-17-16-23-10-4-5-11-24(23)22-25/h4-22H,1-3H3. The average Bonchev–Trinajstić information content (AvgIpc) is 3.34. The Morgan fingerprint density at radius 3 is 1.86 bits per heavy atom. The van der Waals surface area contributed by atoms with Crippen molar-refractivity contribution in [2.75, 3.05) is 0 Å². The molecular weight excluding hydrogens is 448 g/mol. The lowest BCUT2D eigenvalue weighted by molar-refractivity contribution is 0.590. The van der Waals surface area contributed by atoms with Crippen LogP contribution in [0.1, 0.15) is 26.3 Å². The molecule has 0 N–H and O–H groups in total. The Balaban J connectivity index is 1.63. The van der Waals surface area contributed by atoms with E-state index >= 15 is 0 Å². The number of hydrogen-bond acceptors (Lipinski definition) is 1. The molecule has 0 atom stereocenters. The lowest BCUT2D eigenvalue weighted by Crippen LogP contribution is -2.11. The van der Waals surface area contributed by atoms with Crippen LogP contribution in [0.5, 0.6) is 0 Å². The molecule has 2 nitrogen and oxygen atoms in total. The monoisotopic (exact) mass is 476 g/mol. The molecule has 2 heteroatoms. The molecule has 37 heavy (non-hydrogen) atoms. The fourth-order valence-corrected chi connectivity index (χ4v) is 5.59. The molecule has 1 heterocycles. The van der Waals surface area contributed by atoms with Crippen LogP contribution in [-0.2, 0) is 5.41 Å². The van der Waals surface area contributed by atoms with Gasteiger partial charge in [0, 0.05) is 22.0 Å². The molecule has 0 aliphatic carbocycles. The number of aromatic nitrogens is 2. The minimum absolute atomic E-state index is 0.0968. The van der Waals surface area contributed by atoms with Gasteiger partial charge in [0.25, 0.3) is 0 Å². The Bertz CT molecular complexity index is 1950. The normalized spacial score (nSPS) is 12.2. The van der Waals surface area contributed by atoms with Crippen LogP contribution in [0.4, 0.5) is 0 Å². The van der Waals surface area contributed by atoms with Crippen molar-refractivity contribution in [3.63, 3.8) is 0 Å². The molecule has 1 aromatic heterocycles. The van der Waals surface area contributed by atoms with Crippen LogP contribution in [0.25, 0.3) is 60.4 Å². The quantitative estimate of drug-likeness (QED) is 0.227. The maximum absolute atomic E-state index is 5.38. The maximum Gasteiger partial charge on any atom is 0.145 e. The van der Waals surface area contributed by atoms with Crippen LogP contribution in [-0.4, -0.2) is 9.55 Å². The van der Waals surface area contributed by atoms with Gasteiger partial charge in [0.2, 0.25) is 0 Å². The van der Waals surface area contributed by atoms with Gasteiger partial charge in [-0.05, 0) is 50.7 Å². The van der Waals surface area contributed by atoms with Crippen molar-refractivity contribution in [2.24, 2.45) is 0 Å². The van der Waals surface area contributed by atoms with E-state index in [2.05, 4.69) is 141 Å². The first-order chi connectivity index (χ1) is 18.0. The van der Waals surface area contributed by atoms with Crippen molar-refractivity contribution >= 4 is 43.4 Å². The topological polar surface area (TPSA) is 17.8 Å². The summed E-state index contributed by atoms with van der Waals surface area (Å²) in [5.41, 5.74) is 5.85. The van der Waals surface area contributed by atoms with Crippen molar-refractivity contribution < 1.29 is 0 Å². The van der Waals surface area contributed by atoms with Crippen LogP contribution in [0.15, 0.2) is 115 Å². The first-order valence-corrected chi connectivity index (χ1v) is 12.9. The summed E-state index contributed by atoms with van der Waals surface area (Å²) in [7, 11) is 0. The summed E-state index contributed by atoms with van der Waals surface area (Å²) in [5, 5.41) is 7.35. The molecule has 0 bridgehead atoms. The molecule has 6 aromatic carbocycles. The van der Waals surface area contributed by atoms with Crippen LogP contribution in [0.2, 0.25) is 0 Å². The van der Waals surface area contributed by atoms with Gasteiger partial charge in [0.15, 0.2) is 0 Å². The molecule has 0 spiro atoms. The van der Waals surface area contributed by atoms with Crippen LogP contribution < -0.4 is 0 Å². The predicted octanol–water partition coefficient (Wildman–Crippen LogP) is 9.45. The highest BCUT2D eigenvalue weighted by Gasteiger charge is 2.21. The predicted molar refractivity (Wildman–Crippen MR) is 158 cm³/mol. The van der Waals surface area contributed by atoms with Gasteiger partial charge in [-0.15, -0.1) is 0 Å². The lowest BCUT2D eigenvalue weighted by atomic mass is 9.87. The third-order valence-corrected chi connectivity index (χ3v) is 7.53. The van der Waals surface area contributed by atoms with Gasteiger partial charge in [0.1, 0.15) is 5.82 Å². The van der Waals surface area contributed by atoms with Gasteiger partial charge in [-0.2, -0.15) is 0 Å². The Morgan fingerprint density at radius 2 is 1.16 bits per heavy atom. The summed E-state index contributed by atoms with van der Waals surface area (Å²) in [6.45, 7) is 6.78. The largest absolute Gasteiger partial charge is 0.292 e. The van der Waals surface area contributed by atoms with E-state index in [1.54, 1.807) is 0 Å². The van der Waals surface area contributed by atoms with Crippen molar-refractivity contribution in [1.82, 2.24) is 9.55 Å². The minimum Gasteiger partial charge on any atom is -0.292 e. The second-order valence-corrected chi connectivity index (χ2v) is 10.9. The van der Waals surface area contributed by atoms with E-state index in [1.807, 2.05) is 0 Å². The zero-order valence-electron chi connectivity index (χ0n) is 21.4. The molecule has 0 saturated heterocycles. The molecular formula is C35H28N2. The number of nitrogens with zero attached hydrogens (tertiary/aromatic N) is 2. The second-order valence-electron chi connectivity index (χ2n) is 10.9. The van der Waals surface area contributed by atoms with E-state index < -0.39 is 0 Å². The summed E-state index contributed by atoms with van der Waals surface area (Å²) in [4.78, 5) is 5.38. The number of hydrogen-bond donors (Lipinski definition) is 0. The number of benzene rings is 6. The van der Waals surface area contributed by atoms with Gasteiger partial charge < -0.3 is 0 Å². The average molecular weight is 477 g/mol. The van der Waals surface area contributed by atoms with Crippen LogP contribution in [0.3, 0.4) is 0 Å². The minimum atomic E-state index is 0.0968. The Morgan fingerprint density at radius 1 is 0.568 bits per heavy atom.